The molecule has 0 aliphatic heterocycles. The maximum Gasteiger partial charge on any atom is 0.251 e. The Labute approximate surface area is 102 Å². The van der Waals surface area contributed by atoms with Gasteiger partial charge in [0.1, 0.15) is 11.5 Å². The molecule has 0 spiro atoms. The number of ketones is 1. The van der Waals surface area contributed by atoms with Crippen LogP contribution in [0.3, 0.4) is 0 Å². The number of nitrogens with one attached hydrogen (secondary N) is 1. The molecule has 0 unspecified atom stereocenters. The summed E-state index contributed by atoms with van der Waals surface area (Å²) in [7, 11) is 1.43. The molecule has 5 nitrogen and oxygen atoms in total. The second kappa shape index (κ2) is 5.97. The summed E-state index contributed by atoms with van der Waals surface area (Å²) in [6.45, 7) is 1.40. The van der Waals surface area contributed by atoms with Crippen molar-refractivity contribution in [2.45, 2.75) is 11.3 Å². The number of ether oxygens (including phenoxy) is 1. The summed E-state index contributed by atoms with van der Waals surface area (Å²) in [5, 5.41) is 2.55. The molecule has 0 aliphatic carbocycles. The van der Waals surface area contributed by atoms with Gasteiger partial charge in [0.15, 0.2) is 15.9 Å². The average Bonchev–Trinajstić information content (AvgIpc) is 2.61. The van der Waals surface area contributed by atoms with Crippen molar-refractivity contribution in [3.63, 3.8) is 0 Å². The summed E-state index contributed by atoms with van der Waals surface area (Å²) in [5.74, 6) is -0.0997. The summed E-state index contributed by atoms with van der Waals surface area (Å²) in [6, 6.07) is 0. The molecule has 0 atom stereocenters. The molecule has 7 heteroatoms. The molecule has 0 bridgehead atoms. The van der Waals surface area contributed by atoms with Gasteiger partial charge in [0.25, 0.3) is 5.91 Å². The first kappa shape index (κ1) is 13.1. The molecule has 1 aromatic rings. The molecule has 0 radical (unpaired) electrons. The monoisotopic (exact) mass is 260 g/mol. The quantitative estimate of drug-likeness (QED) is 0.644. The van der Waals surface area contributed by atoms with E-state index in [4.69, 9.17) is 0 Å². The summed E-state index contributed by atoms with van der Waals surface area (Å²) in [6.07, 6.45) is 1.86. The number of thiazole rings is 1. The zero-order valence-corrected chi connectivity index (χ0v) is 10.8. The van der Waals surface area contributed by atoms with Crippen molar-refractivity contribution in [1.82, 2.24) is 4.98 Å². The summed E-state index contributed by atoms with van der Waals surface area (Å²) >= 11 is 2.71. The van der Waals surface area contributed by atoms with E-state index in [-0.39, 0.29) is 18.3 Å². The Morgan fingerprint density at radius 2 is 2.25 bits per heavy atom. The van der Waals surface area contributed by atoms with Gasteiger partial charge in [-0.15, -0.1) is 11.3 Å². The molecule has 1 aromatic heterocycles. The number of anilines is 1. The van der Waals surface area contributed by atoms with Crippen molar-refractivity contribution in [3.8, 4) is 0 Å². The highest BCUT2D eigenvalue weighted by molar-refractivity contribution is 8.00. The van der Waals surface area contributed by atoms with Crippen molar-refractivity contribution in [2.75, 3.05) is 25.3 Å². The summed E-state index contributed by atoms with van der Waals surface area (Å²) in [4.78, 5) is 27.2. The molecule has 0 fully saturated rings. The van der Waals surface area contributed by atoms with Crippen molar-refractivity contribution in [2.24, 2.45) is 0 Å². The van der Waals surface area contributed by atoms with E-state index in [2.05, 4.69) is 15.0 Å². The number of thioether (sulfide) groups is 1. The van der Waals surface area contributed by atoms with Gasteiger partial charge in [-0.2, -0.15) is 0 Å². The number of carbonyl (C=O) groups is 2. The zero-order chi connectivity index (χ0) is 12.1. The van der Waals surface area contributed by atoms with E-state index >= 15 is 0 Å². The smallest absolute Gasteiger partial charge is 0.251 e. The normalized spacial score (nSPS) is 10.2. The molecule has 0 saturated heterocycles. The Balaban J connectivity index is 2.89. The predicted molar refractivity (Wildman–Crippen MR) is 64.4 cm³/mol. The molecule has 1 amide bonds. The van der Waals surface area contributed by atoms with E-state index in [0.29, 0.717) is 10.7 Å². The standard InChI is InChI=1S/C9H12N2O3S2/c1-5(12)7-8(10-6(13)4-14-2)11-9(15-3)16-7/h4H2,1-3H3,(H,10,13). The number of aromatic nitrogens is 1. The number of nitrogens with zero attached hydrogens (tertiary/aromatic N) is 1. The van der Waals surface area contributed by atoms with Crippen LogP contribution in [0.15, 0.2) is 4.34 Å². The zero-order valence-electron chi connectivity index (χ0n) is 9.20. The van der Waals surface area contributed by atoms with Crippen LogP contribution >= 0.6 is 23.1 Å². The van der Waals surface area contributed by atoms with E-state index in [1.54, 1.807) is 0 Å². The Hall–Kier alpha value is -0.920. The van der Waals surface area contributed by atoms with Gasteiger partial charge < -0.3 is 10.1 Å². The fraction of sp³-hybridized carbons (Fsp3) is 0.444. The minimum Gasteiger partial charge on any atom is -0.375 e. The number of hydrogen-bond donors (Lipinski definition) is 1. The van der Waals surface area contributed by atoms with E-state index in [1.165, 1.54) is 37.1 Å². The lowest BCUT2D eigenvalue weighted by atomic mass is 10.3. The van der Waals surface area contributed by atoms with Gasteiger partial charge in [-0.3, -0.25) is 9.59 Å². The molecule has 1 N–H and O–H groups in total. The average molecular weight is 260 g/mol. The van der Waals surface area contributed by atoms with Crippen LogP contribution in [-0.2, 0) is 9.53 Å². The molecule has 0 aliphatic rings. The molecular formula is C9H12N2O3S2. The van der Waals surface area contributed by atoms with Gasteiger partial charge in [0.05, 0.1) is 0 Å². The molecule has 0 aromatic carbocycles. The van der Waals surface area contributed by atoms with Crippen LogP contribution in [0.5, 0.6) is 0 Å². The Kier molecular flexibility index (Phi) is 4.91. The van der Waals surface area contributed by atoms with E-state index in [0.717, 1.165) is 4.34 Å². The first-order valence-corrected chi connectivity index (χ1v) is 6.47. The van der Waals surface area contributed by atoms with Gasteiger partial charge in [-0.05, 0) is 6.26 Å². The lowest BCUT2D eigenvalue weighted by molar-refractivity contribution is -0.119. The second-order valence-electron chi connectivity index (χ2n) is 2.90. The Bertz CT molecular complexity index is 403. The van der Waals surface area contributed by atoms with Crippen molar-refractivity contribution >= 4 is 40.6 Å². The lowest BCUT2D eigenvalue weighted by Crippen LogP contribution is -2.18. The number of amides is 1. The molecule has 88 valence electrons. The molecule has 16 heavy (non-hydrogen) atoms. The molecule has 1 rings (SSSR count). The highest BCUT2D eigenvalue weighted by Gasteiger charge is 2.16. The van der Waals surface area contributed by atoms with Crippen LogP contribution in [0.2, 0.25) is 0 Å². The SMILES string of the molecule is COCC(=O)Nc1nc(SC)sc1C(C)=O. The van der Waals surface area contributed by atoms with Gasteiger partial charge in [-0.25, -0.2) is 4.98 Å². The van der Waals surface area contributed by atoms with Gasteiger partial charge in [-0.1, -0.05) is 11.8 Å². The highest BCUT2D eigenvalue weighted by Crippen LogP contribution is 2.29. The maximum absolute atomic E-state index is 11.3. The van der Waals surface area contributed by atoms with Gasteiger partial charge in [0, 0.05) is 14.0 Å². The summed E-state index contributed by atoms with van der Waals surface area (Å²) in [5.41, 5.74) is 0. The summed E-state index contributed by atoms with van der Waals surface area (Å²) < 4.78 is 5.43. The topological polar surface area (TPSA) is 68.3 Å². The number of carbonyl (C=O) groups excluding carboxylic acids is 2. The van der Waals surface area contributed by atoms with Crippen LogP contribution in [0.25, 0.3) is 0 Å². The van der Waals surface area contributed by atoms with E-state index in [9.17, 15) is 9.59 Å². The fourth-order valence-corrected chi connectivity index (χ4v) is 2.42. The van der Waals surface area contributed by atoms with Gasteiger partial charge >= 0.3 is 0 Å². The van der Waals surface area contributed by atoms with E-state index in [1.807, 2.05) is 6.26 Å². The van der Waals surface area contributed by atoms with Crippen molar-refractivity contribution in [1.29, 1.82) is 0 Å². The lowest BCUT2D eigenvalue weighted by Gasteiger charge is -2.01. The molecule has 0 saturated carbocycles. The van der Waals surface area contributed by atoms with Crippen LogP contribution in [-0.4, -0.2) is 36.6 Å². The number of rotatable bonds is 5. The largest absolute Gasteiger partial charge is 0.375 e. The second-order valence-corrected chi connectivity index (χ2v) is 4.95. The van der Waals surface area contributed by atoms with Crippen molar-refractivity contribution < 1.29 is 14.3 Å². The molecular weight excluding hydrogens is 248 g/mol. The third-order valence-corrected chi connectivity index (χ3v) is 3.78. The highest BCUT2D eigenvalue weighted by atomic mass is 32.2. The number of methoxy groups -OCH3 is 1. The third kappa shape index (κ3) is 3.29. The minimum atomic E-state index is -0.317. The maximum atomic E-state index is 11.3. The Morgan fingerprint density at radius 1 is 1.56 bits per heavy atom. The van der Waals surface area contributed by atoms with E-state index < -0.39 is 0 Å². The minimum absolute atomic E-state index is 0.0521. The van der Waals surface area contributed by atoms with Crippen molar-refractivity contribution in [3.05, 3.63) is 4.88 Å². The predicted octanol–water partition coefficient (Wildman–Crippen LogP) is 1.65. The van der Waals surface area contributed by atoms with Crippen LogP contribution in [0.1, 0.15) is 16.6 Å². The first-order valence-electron chi connectivity index (χ1n) is 4.43. The van der Waals surface area contributed by atoms with Gasteiger partial charge in [0.2, 0.25) is 0 Å². The van der Waals surface area contributed by atoms with Crippen LogP contribution in [0, 0.1) is 0 Å². The number of hydrogen-bond acceptors (Lipinski definition) is 6. The van der Waals surface area contributed by atoms with Crippen LogP contribution in [0.4, 0.5) is 5.82 Å². The fourth-order valence-electron chi connectivity index (χ4n) is 1.01. The molecule has 1 heterocycles. The Morgan fingerprint density at radius 3 is 2.75 bits per heavy atom. The number of Topliss-reactive ketones (excluding diaryl/α,β-unsaturated/α-hetero) is 1. The van der Waals surface area contributed by atoms with Crippen LogP contribution < -0.4 is 5.32 Å². The third-order valence-electron chi connectivity index (χ3n) is 1.64. The first-order chi connectivity index (χ1) is 7.58.